The number of nitrogens with zero attached hydrogens (tertiary/aromatic N) is 3. The van der Waals surface area contributed by atoms with Crippen LogP contribution in [0.15, 0.2) is 30.6 Å². The average Bonchev–Trinajstić information content (AvgIpc) is 2.64. The molecule has 0 bridgehead atoms. The van der Waals surface area contributed by atoms with E-state index in [1.807, 2.05) is 0 Å². The van der Waals surface area contributed by atoms with Gasteiger partial charge in [0.25, 0.3) is 0 Å². The molecule has 2 rings (SSSR count). The van der Waals surface area contributed by atoms with E-state index in [9.17, 15) is 18.3 Å². The highest BCUT2D eigenvalue weighted by Crippen LogP contribution is 2.25. The van der Waals surface area contributed by atoms with Gasteiger partial charge in [0.2, 0.25) is 0 Å². The summed E-state index contributed by atoms with van der Waals surface area (Å²) in [7, 11) is 0. The smallest absolute Gasteiger partial charge is 0.408 e. The number of aromatic nitrogens is 3. The number of phenolic OH excluding ortho intramolecular Hbond substituents is 1. The fourth-order valence-electron chi connectivity index (χ4n) is 1.34. The van der Waals surface area contributed by atoms with Gasteiger partial charge >= 0.3 is 6.18 Å². The molecule has 0 aliphatic carbocycles. The van der Waals surface area contributed by atoms with E-state index in [1.54, 1.807) is 12.1 Å². The Morgan fingerprint density at radius 2 is 1.94 bits per heavy atom. The van der Waals surface area contributed by atoms with E-state index in [4.69, 9.17) is 0 Å². The van der Waals surface area contributed by atoms with Gasteiger partial charge in [0.15, 0.2) is 5.82 Å². The molecular weight excluding hydrogens is 235 g/mol. The van der Waals surface area contributed by atoms with Crippen LogP contribution in [0.4, 0.5) is 13.2 Å². The number of rotatable bonds is 2. The lowest BCUT2D eigenvalue weighted by Gasteiger charge is -2.04. The number of para-hydroxylation sites is 1. The second-order valence-electron chi connectivity index (χ2n) is 3.40. The molecule has 0 aliphatic rings. The van der Waals surface area contributed by atoms with Crippen molar-refractivity contribution in [1.29, 1.82) is 0 Å². The van der Waals surface area contributed by atoms with Gasteiger partial charge in [-0.2, -0.15) is 18.3 Å². The maximum absolute atomic E-state index is 12.1. The summed E-state index contributed by atoms with van der Waals surface area (Å²) < 4.78 is 37.0. The van der Waals surface area contributed by atoms with Gasteiger partial charge in [-0.05, 0) is 12.1 Å². The molecule has 0 radical (unpaired) electrons. The monoisotopic (exact) mass is 243 g/mol. The van der Waals surface area contributed by atoms with E-state index >= 15 is 0 Å². The standard InChI is InChI=1S/C10H8F3N3O/c11-10(12,13)5-16-6-14-9(15-16)7-3-1-2-4-8(7)17/h1-4,6,17H,5H2. The number of hydrogen-bond acceptors (Lipinski definition) is 3. The Kier molecular flexibility index (Phi) is 2.74. The van der Waals surface area contributed by atoms with Crippen molar-refractivity contribution in [1.82, 2.24) is 14.8 Å². The zero-order chi connectivity index (χ0) is 12.5. The van der Waals surface area contributed by atoms with Crippen molar-refractivity contribution >= 4 is 0 Å². The molecule has 90 valence electrons. The topological polar surface area (TPSA) is 50.9 Å². The third-order valence-corrected chi connectivity index (χ3v) is 2.02. The molecule has 0 saturated carbocycles. The first kappa shape index (κ1) is 11.4. The Labute approximate surface area is 94.3 Å². The summed E-state index contributed by atoms with van der Waals surface area (Å²) in [6.45, 7) is -1.20. The quantitative estimate of drug-likeness (QED) is 0.879. The second-order valence-corrected chi connectivity index (χ2v) is 3.40. The van der Waals surface area contributed by atoms with Crippen molar-refractivity contribution in [3.63, 3.8) is 0 Å². The summed E-state index contributed by atoms with van der Waals surface area (Å²) in [6, 6.07) is 6.19. The highest BCUT2D eigenvalue weighted by atomic mass is 19.4. The fraction of sp³-hybridized carbons (Fsp3) is 0.200. The highest BCUT2D eigenvalue weighted by molar-refractivity contribution is 5.62. The van der Waals surface area contributed by atoms with Gasteiger partial charge in [-0.3, -0.25) is 0 Å². The molecule has 1 N–H and O–H groups in total. The van der Waals surface area contributed by atoms with Crippen LogP contribution in [0.3, 0.4) is 0 Å². The first-order valence-electron chi connectivity index (χ1n) is 4.70. The molecule has 0 amide bonds. The third kappa shape index (κ3) is 2.74. The number of hydrogen-bond donors (Lipinski definition) is 1. The van der Waals surface area contributed by atoms with Crippen LogP contribution >= 0.6 is 0 Å². The average molecular weight is 243 g/mol. The molecular formula is C10H8F3N3O. The lowest BCUT2D eigenvalue weighted by Crippen LogP contribution is -2.17. The Balaban J connectivity index is 2.28. The second kappa shape index (κ2) is 4.08. The Bertz CT molecular complexity index is 522. The minimum Gasteiger partial charge on any atom is -0.507 e. The van der Waals surface area contributed by atoms with Gasteiger partial charge in [-0.1, -0.05) is 12.1 Å². The number of benzene rings is 1. The molecule has 0 fully saturated rings. The van der Waals surface area contributed by atoms with E-state index in [1.165, 1.54) is 12.1 Å². The molecule has 4 nitrogen and oxygen atoms in total. The van der Waals surface area contributed by atoms with Crippen LogP contribution in [0.1, 0.15) is 0 Å². The maximum Gasteiger partial charge on any atom is 0.408 e. The summed E-state index contributed by atoms with van der Waals surface area (Å²) in [4.78, 5) is 3.72. The van der Waals surface area contributed by atoms with Crippen molar-refractivity contribution in [2.24, 2.45) is 0 Å². The van der Waals surface area contributed by atoms with Gasteiger partial charge in [0.05, 0.1) is 5.56 Å². The van der Waals surface area contributed by atoms with E-state index in [0.29, 0.717) is 10.2 Å². The Morgan fingerprint density at radius 3 is 2.59 bits per heavy atom. The molecule has 0 saturated heterocycles. The van der Waals surface area contributed by atoms with E-state index in [0.717, 1.165) is 6.33 Å². The van der Waals surface area contributed by atoms with Crippen molar-refractivity contribution < 1.29 is 18.3 Å². The molecule has 17 heavy (non-hydrogen) atoms. The molecule has 0 aliphatic heterocycles. The summed E-state index contributed by atoms with van der Waals surface area (Å²) in [5, 5.41) is 13.1. The molecule has 2 aromatic rings. The van der Waals surface area contributed by atoms with Gasteiger partial charge < -0.3 is 5.11 Å². The van der Waals surface area contributed by atoms with Crippen LogP contribution in [-0.2, 0) is 6.54 Å². The van der Waals surface area contributed by atoms with Crippen LogP contribution in [0.5, 0.6) is 5.75 Å². The fourth-order valence-corrected chi connectivity index (χ4v) is 1.34. The number of alkyl halides is 3. The molecule has 0 unspecified atom stereocenters. The Morgan fingerprint density at radius 1 is 1.24 bits per heavy atom. The molecule has 0 spiro atoms. The van der Waals surface area contributed by atoms with E-state index in [-0.39, 0.29) is 11.6 Å². The largest absolute Gasteiger partial charge is 0.507 e. The van der Waals surface area contributed by atoms with Crippen molar-refractivity contribution in [3.8, 4) is 17.1 Å². The summed E-state index contributed by atoms with van der Waals surface area (Å²) in [5.74, 6) is -0.00962. The molecule has 1 heterocycles. The number of halogens is 3. The van der Waals surface area contributed by atoms with Crippen molar-refractivity contribution in [2.75, 3.05) is 0 Å². The van der Waals surface area contributed by atoms with Crippen LogP contribution in [-0.4, -0.2) is 26.0 Å². The highest BCUT2D eigenvalue weighted by Gasteiger charge is 2.28. The number of aromatic hydroxyl groups is 1. The predicted molar refractivity (Wildman–Crippen MR) is 53.2 cm³/mol. The third-order valence-electron chi connectivity index (χ3n) is 2.02. The van der Waals surface area contributed by atoms with Crippen LogP contribution in [0, 0.1) is 0 Å². The molecule has 1 aromatic heterocycles. The summed E-state index contributed by atoms with van der Waals surface area (Å²) in [5.41, 5.74) is 0.299. The maximum atomic E-state index is 12.1. The van der Waals surface area contributed by atoms with Gasteiger partial charge in [-0.15, -0.1) is 0 Å². The van der Waals surface area contributed by atoms with Crippen molar-refractivity contribution in [3.05, 3.63) is 30.6 Å². The minimum absolute atomic E-state index is 0.0624. The summed E-state index contributed by atoms with van der Waals surface area (Å²) in [6.07, 6.45) is -3.36. The number of phenols is 1. The first-order valence-corrected chi connectivity index (χ1v) is 4.70. The van der Waals surface area contributed by atoms with Crippen LogP contribution in [0.25, 0.3) is 11.4 Å². The van der Waals surface area contributed by atoms with E-state index in [2.05, 4.69) is 10.1 Å². The minimum atomic E-state index is -4.34. The van der Waals surface area contributed by atoms with E-state index < -0.39 is 12.7 Å². The lowest BCUT2D eigenvalue weighted by atomic mass is 10.2. The zero-order valence-electron chi connectivity index (χ0n) is 8.52. The normalized spacial score (nSPS) is 11.7. The van der Waals surface area contributed by atoms with Crippen LogP contribution in [0.2, 0.25) is 0 Å². The molecule has 1 aromatic carbocycles. The molecule has 0 atom stereocenters. The molecule has 7 heteroatoms. The van der Waals surface area contributed by atoms with Gasteiger partial charge in [0.1, 0.15) is 18.6 Å². The zero-order valence-corrected chi connectivity index (χ0v) is 8.52. The Hall–Kier alpha value is -2.05. The first-order chi connectivity index (χ1) is 7.96. The SMILES string of the molecule is Oc1ccccc1-c1ncn(CC(F)(F)F)n1. The predicted octanol–water partition coefficient (Wildman–Crippen LogP) is 2.21. The van der Waals surface area contributed by atoms with Gasteiger partial charge in [-0.25, -0.2) is 9.67 Å². The van der Waals surface area contributed by atoms with Gasteiger partial charge in [0, 0.05) is 0 Å². The lowest BCUT2D eigenvalue weighted by molar-refractivity contribution is -0.142. The van der Waals surface area contributed by atoms with Crippen LogP contribution < -0.4 is 0 Å². The van der Waals surface area contributed by atoms with Crippen molar-refractivity contribution in [2.45, 2.75) is 12.7 Å². The summed E-state index contributed by atoms with van der Waals surface area (Å²) >= 11 is 0.